The molecule has 0 aliphatic rings. The number of aliphatic imine (C=N–C) groups is 1. The molecule has 1 aromatic rings. The number of hydrogen-bond acceptors (Lipinski definition) is 1. The molecular formula is C14H19F5IN3. The Morgan fingerprint density at radius 3 is 2.26 bits per heavy atom. The number of alkyl halides is 3. The van der Waals surface area contributed by atoms with Gasteiger partial charge in [-0.2, -0.15) is 13.2 Å². The van der Waals surface area contributed by atoms with Gasteiger partial charge in [-0.25, -0.2) is 8.78 Å². The molecule has 0 aromatic heterocycles. The normalized spacial score (nSPS) is 11.8. The first-order valence-electron chi connectivity index (χ1n) is 6.85. The highest BCUT2D eigenvalue weighted by Gasteiger charge is 2.26. The third kappa shape index (κ3) is 8.92. The molecule has 0 atom stereocenters. The van der Waals surface area contributed by atoms with Crippen molar-refractivity contribution in [1.82, 2.24) is 10.6 Å². The number of rotatable bonds is 6. The number of halogens is 6. The van der Waals surface area contributed by atoms with E-state index in [1.54, 1.807) is 6.92 Å². The van der Waals surface area contributed by atoms with Crippen LogP contribution >= 0.6 is 24.0 Å². The average molecular weight is 451 g/mol. The molecule has 1 rings (SSSR count). The van der Waals surface area contributed by atoms with Crippen LogP contribution in [0.25, 0.3) is 0 Å². The van der Waals surface area contributed by atoms with Crippen molar-refractivity contribution in [3.63, 3.8) is 0 Å². The fourth-order valence-corrected chi connectivity index (χ4v) is 1.71. The molecule has 2 N–H and O–H groups in total. The highest BCUT2D eigenvalue weighted by molar-refractivity contribution is 14.0. The van der Waals surface area contributed by atoms with Crippen LogP contribution in [0.5, 0.6) is 0 Å². The number of guanidine groups is 1. The van der Waals surface area contributed by atoms with Gasteiger partial charge in [0.15, 0.2) is 5.96 Å². The molecule has 3 nitrogen and oxygen atoms in total. The van der Waals surface area contributed by atoms with Crippen LogP contribution < -0.4 is 10.6 Å². The smallest absolute Gasteiger partial charge is 0.357 e. The lowest BCUT2D eigenvalue weighted by atomic mass is 10.1. The van der Waals surface area contributed by atoms with E-state index in [-0.39, 0.29) is 48.5 Å². The zero-order chi connectivity index (χ0) is 16.6. The quantitative estimate of drug-likeness (QED) is 0.300. The monoisotopic (exact) mass is 451 g/mol. The fraction of sp³-hybridized carbons (Fsp3) is 0.500. The Morgan fingerprint density at radius 1 is 1.13 bits per heavy atom. The Kier molecular flexibility index (Phi) is 10.1. The van der Waals surface area contributed by atoms with E-state index in [9.17, 15) is 22.0 Å². The summed E-state index contributed by atoms with van der Waals surface area (Å²) in [5, 5.41) is 5.52. The Morgan fingerprint density at radius 2 is 1.74 bits per heavy atom. The summed E-state index contributed by atoms with van der Waals surface area (Å²) in [7, 11) is 0. The van der Waals surface area contributed by atoms with Crippen molar-refractivity contribution in [1.29, 1.82) is 0 Å². The van der Waals surface area contributed by atoms with Crippen LogP contribution in [0.3, 0.4) is 0 Å². The van der Waals surface area contributed by atoms with E-state index in [4.69, 9.17) is 0 Å². The topological polar surface area (TPSA) is 36.4 Å². The number of nitrogens with zero attached hydrogens (tertiary/aromatic N) is 1. The maximum absolute atomic E-state index is 13.4. The van der Waals surface area contributed by atoms with Gasteiger partial charge in [-0.1, -0.05) is 6.07 Å². The molecule has 0 amide bonds. The summed E-state index contributed by atoms with van der Waals surface area (Å²) in [6.07, 6.45) is -5.23. The first-order valence-corrected chi connectivity index (χ1v) is 6.85. The summed E-state index contributed by atoms with van der Waals surface area (Å²) in [5.74, 6) is -1.12. The number of nitrogens with one attached hydrogen (secondary N) is 2. The Labute approximate surface area is 148 Å². The van der Waals surface area contributed by atoms with E-state index in [2.05, 4.69) is 15.6 Å². The lowest BCUT2D eigenvalue weighted by molar-refractivity contribution is -0.132. The molecule has 0 unspecified atom stereocenters. The second-order valence-corrected chi connectivity index (χ2v) is 4.50. The van der Waals surface area contributed by atoms with E-state index >= 15 is 0 Å². The second-order valence-electron chi connectivity index (χ2n) is 4.50. The third-order valence-electron chi connectivity index (χ3n) is 2.74. The Hall–Kier alpha value is -1.13. The molecule has 0 radical (unpaired) electrons. The number of benzene rings is 1. The molecule has 0 heterocycles. The summed E-state index contributed by atoms with van der Waals surface area (Å²) < 4.78 is 63.0. The molecule has 0 saturated heterocycles. The van der Waals surface area contributed by atoms with Crippen molar-refractivity contribution in [2.24, 2.45) is 4.99 Å². The molecule has 0 bridgehead atoms. The van der Waals surface area contributed by atoms with Crippen molar-refractivity contribution >= 4 is 29.9 Å². The summed E-state index contributed by atoms with van der Waals surface area (Å²) >= 11 is 0. The molecule has 0 saturated carbocycles. The number of hydrogen-bond donors (Lipinski definition) is 2. The first kappa shape index (κ1) is 21.9. The van der Waals surface area contributed by atoms with Crippen LogP contribution in [-0.2, 0) is 6.42 Å². The van der Waals surface area contributed by atoms with E-state index in [0.717, 1.165) is 12.1 Å². The molecule has 0 fully saturated rings. The predicted molar refractivity (Wildman–Crippen MR) is 90.1 cm³/mol. The molecule has 0 aliphatic heterocycles. The van der Waals surface area contributed by atoms with Gasteiger partial charge in [-0.3, -0.25) is 4.99 Å². The summed E-state index contributed by atoms with van der Waals surface area (Å²) in [6, 6.07) is 3.58. The SMILES string of the molecule is CCNC(=NCCC(F)(F)F)NCCc1c(F)cccc1F.I. The van der Waals surface area contributed by atoms with Gasteiger partial charge in [0, 0.05) is 18.7 Å². The highest BCUT2D eigenvalue weighted by Crippen LogP contribution is 2.18. The Balaban J connectivity index is 0.00000484. The Bertz CT molecular complexity index is 485. The van der Waals surface area contributed by atoms with Gasteiger partial charge in [0.2, 0.25) is 0 Å². The summed E-state index contributed by atoms with van der Waals surface area (Å²) in [4.78, 5) is 3.76. The minimum atomic E-state index is -4.27. The van der Waals surface area contributed by atoms with Crippen LogP contribution in [0, 0.1) is 11.6 Å². The molecule has 132 valence electrons. The van der Waals surface area contributed by atoms with E-state index in [1.807, 2.05) is 0 Å². The lowest BCUT2D eigenvalue weighted by Gasteiger charge is -2.12. The third-order valence-corrected chi connectivity index (χ3v) is 2.74. The highest BCUT2D eigenvalue weighted by atomic mass is 127. The van der Waals surface area contributed by atoms with Gasteiger partial charge < -0.3 is 10.6 Å². The van der Waals surface area contributed by atoms with E-state index in [1.165, 1.54) is 6.07 Å². The van der Waals surface area contributed by atoms with Crippen LogP contribution in [0.15, 0.2) is 23.2 Å². The van der Waals surface area contributed by atoms with Gasteiger partial charge in [0.25, 0.3) is 0 Å². The molecule has 23 heavy (non-hydrogen) atoms. The van der Waals surface area contributed by atoms with Crippen molar-refractivity contribution in [2.45, 2.75) is 25.9 Å². The molecule has 1 aromatic carbocycles. The van der Waals surface area contributed by atoms with Crippen LogP contribution in [-0.4, -0.2) is 31.8 Å². The van der Waals surface area contributed by atoms with Gasteiger partial charge in [0.05, 0.1) is 13.0 Å². The van der Waals surface area contributed by atoms with Crippen molar-refractivity contribution in [3.8, 4) is 0 Å². The fourth-order valence-electron chi connectivity index (χ4n) is 1.71. The van der Waals surface area contributed by atoms with E-state index < -0.39 is 30.8 Å². The van der Waals surface area contributed by atoms with Gasteiger partial charge in [0.1, 0.15) is 11.6 Å². The molecule has 9 heteroatoms. The van der Waals surface area contributed by atoms with Crippen LogP contribution in [0.1, 0.15) is 18.9 Å². The minimum Gasteiger partial charge on any atom is -0.357 e. The maximum Gasteiger partial charge on any atom is 0.390 e. The summed E-state index contributed by atoms with van der Waals surface area (Å²) in [5.41, 5.74) is -0.0684. The van der Waals surface area contributed by atoms with Gasteiger partial charge in [-0.15, -0.1) is 24.0 Å². The summed E-state index contributed by atoms with van der Waals surface area (Å²) in [6.45, 7) is 1.96. The van der Waals surface area contributed by atoms with Crippen molar-refractivity contribution < 1.29 is 22.0 Å². The largest absolute Gasteiger partial charge is 0.390 e. The predicted octanol–water partition coefficient (Wildman–Crippen LogP) is 3.63. The lowest BCUT2D eigenvalue weighted by Crippen LogP contribution is -2.38. The average Bonchev–Trinajstić information content (AvgIpc) is 2.40. The standard InChI is InChI=1S/C14H18F5N3.HI/c1-2-20-13(22-9-7-14(17,18)19)21-8-6-10-11(15)4-3-5-12(10)16;/h3-5H,2,6-9H2,1H3,(H2,20,21,22);1H. The molecule has 0 aliphatic carbocycles. The van der Waals surface area contributed by atoms with Crippen LogP contribution in [0.2, 0.25) is 0 Å². The zero-order valence-corrected chi connectivity index (χ0v) is 14.8. The minimum absolute atomic E-state index is 0. The van der Waals surface area contributed by atoms with Gasteiger partial charge in [-0.05, 0) is 25.5 Å². The molecule has 0 spiro atoms. The zero-order valence-electron chi connectivity index (χ0n) is 12.5. The van der Waals surface area contributed by atoms with Crippen LogP contribution in [0.4, 0.5) is 22.0 Å². The molecular weight excluding hydrogens is 432 g/mol. The van der Waals surface area contributed by atoms with E-state index in [0.29, 0.717) is 6.54 Å². The van der Waals surface area contributed by atoms with Crippen molar-refractivity contribution in [3.05, 3.63) is 35.4 Å². The van der Waals surface area contributed by atoms with Crippen molar-refractivity contribution in [2.75, 3.05) is 19.6 Å². The second kappa shape index (κ2) is 10.6. The maximum atomic E-state index is 13.4. The first-order chi connectivity index (χ1) is 10.3. The van der Waals surface area contributed by atoms with Gasteiger partial charge >= 0.3 is 6.18 Å².